The number of unbranched alkanes of at least 4 members (excludes halogenated alkanes) is 2. The van der Waals surface area contributed by atoms with E-state index in [1.165, 1.54) is 6.92 Å². The van der Waals surface area contributed by atoms with Crippen LogP contribution in [0.15, 0.2) is 29.2 Å². The van der Waals surface area contributed by atoms with Crippen LogP contribution in [-0.2, 0) is 10.0 Å². The van der Waals surface area contributed by atoms with E-state index in [-0.39, 0.29) is 9.42 Å². The fraction of sp³-hybridized carbons (Fsp3) is 0.538. The predicted molar refractivity (Wildman–Crippen MR) is 70.1 cm³/mol. The molecular formula is C13H19F2NO2S. The molecule has 0 N–H and O–H groups in total. The molecule has 1 atom stereocenters. The van der Waals surface area contributed by atoms with E-state index in [1.54, 1.807) is 0 Å². The summed E-state index contributed by atoms with van der Waals surface area (Å²) < 4.78 is 50.4. The largest absolute Gasteiger partial charge is 0.269 e. The Kier molecular flexibility index (Phi) is 5.87. The van der Waals surface area contributed by atoms with Gasteiger partial charge in [0.2, 0.25) is 0 Å². The molecule has 19 heavy (non-hydrogen) atoms. The molecule has 0 aliphatic heterocycles. The minimum Gasteiger partial charge on any atom is -0.207 e. The first-order valence-corrected chi connectivity index (χ1v) is 7.79. The van der Waals surface area contributed by atoms with E-state index in [2.05, 4.69) is 0 Å². The van der Waals surface area contributed by atoms with Crippen molar-refractivity contribution in [2.45, 2.75) is 50.5 Å². The highest BCUT2D eigenvalue weighted by atomic mass is 32.2. The lowest BCUT2D eigenvalue weighted by Crippen LogP contribution is -2.31. The van der Waals surface area contributed by atoms with Crippen LogP contribution in [0.1, 0.15) is 39.5 Å². The molecule has 0 spiro atoms. The topological polar surface area (TPSA) is 37.4 Å². The number of hydrogen-bond acceptors (Lipinski definition) is 2. The molecule has 1 aromatic rings. The number of hydrogen-bond donors (Lipinski definition) is 0. The van der Waals surface area contributed by atoms with E-state index in [0.29, 0.717) is 6.42 Å². The van der Waals surface area contributed by atoms with E-state index >= 15 is 0 Å². The molecule has 0 heterocycles. The monoisotopic (exact) mass is 291 g/mol. The summed E-state index contributed by atoms with van der Waals surface area (Å²) in [4.78, 5) is -0.237. The summed E-state index contributed by atoms with van der Waals surface area (Å²) >= 11 is 0. The van der Waals surface area contributed by atoms with E-state index in [1.807, 2.05) is 6.92 Å². The Bertz CT molecular complexity index is 488. The molecule has 108 valence electrons. The zero-order valence-corrected chi connectivity index (χ0v) is 12.0. The van der Waals surface area contributed by atoms with E-state index < -0.39 is 21.9 Å². The standard InChI is InChI=1S/C13H19F2NO2S/c1-3-4-5-6-11(2)16(15)19(17,18)13-9-7-12(14)8-10-13/h7-11H,3-6H2,1-2H3. The Morgan fingerprint density at radius 1 is 1.21 bits per heavy atom. The zero-order chi connectivity index (χ0) is 14.5. The van der Waals surface area contributed by atoms with Crippen LogP contribution in [-0.4, -0.2) is 19.0 Å². The molecule has 0 aromatic heterocycles. The number of rotatable bonds is 7. The van der Waals surface area contributed by atoms with Gasteiger partial charge in [-0.05, 0) is 42.1 Å². The van der Waals surface area contributed by atoms with Gasteiger partial charge in [0.15, 0.2) is 0 Å². The van der Waals surface area contributed by atoms with Crippen LogP contribution in [0.4, 0.5) is 8.87 Å². The minimum atomic E-state index is -4.19. The molecule has 0 radical (unpaired) electrons. The second kappa shape index (κ2) is 6.96. The van der Waals surface area contributed by atoms with Crippen molar-refractivity contribution in [3.05, 3.63) is 30.1 Å². The lowest BCUT2D eigenvalue weighted by atomic mass is 10.1. The predicted octanol–water partition coefficient (Wildman–Crippen LogP) is 3.67. The highest BCUT2D eigenvalue weighted by Crippen LogP contribution is 2.21. The smallest absolute Gasteiger partial charge is 0.207 e. The Balaban J connectivity index is 2.78. The van der Waals surface area contributed by atoms with Gasteiger partial charge in [0.1, 0.15) is 5.82 Å². The van der Waals surface area contributed by atoms with Crippen molar-refractivity contribution in [2.24, 2.45) is 0 Å². The molecule has 0 amide bonds. The minimum absolute atomic E-state index is 0.129. The van der Waals surface area contributed by atoms with Crippen molar-refractivity contribution in [1.82, 2.24) is 4.53 Å². The van der Waals surface area contributed by atoms with Gasteiger partial charge in [-0.1, -0.05) is 26.2 Å². The number of sulfonamides is 1. The molecule has 0 aliphatic carbocycles. The molecule has 0 fully saturated rings. The van der Waals surface area contributed by atoms with Crippen LogP contribution in [0.2, 0.25) is 0 Å². The maximum absolute atomic E-state index is 13.9. The highest BCUT2D eigenvalue weighted by molar-refractivity contribution is 7.89. The maximum Gasteiger partial charge on any atom is 0.269 e. The van der Waals surface area contributed by atoms with Crippen LogP contribution in [0.25, 0.3) is 0 Å². The summed E-state index contributed by atoms with van der Waals surface area (Å²) in [6, 6.07) is 3.42. The lowest BCUT2D eigenvalue weighted by molar-refractivity contribution is 0.0870. The quantitative estimate of drug-likeness (QED) is 0.568. The van der Waals surface area contributed by atoms with Crippen molar-refractivity contribution >= 4 is 10.0 Å². The Labute approximate surface area is 113 Å². The van der Waals surface area contributed by atoms with Crippen LogP contribution in [0, 0.1) is 5.82 Å². The average Bonchev–Trinajstić information content (AvgIpc) is 2.38. The van der Waals surface area contributed by atoms with Gasteiger partial charge in [-0.15, -0.1) is 4.48 Å². The second-order valence-electron chi connectivity index (χ2n) is 4.55. The van der Waals surface area contributed by atoms with Crippen LogP contribution in [0.3, 0.4) is 0 Å². The summed E-state index contributed by atoms with van der Waals surface area (Å²) in [7, 11) is -4.19. The Morgan fingerprint density at radius 2 is 1.79 bits per heavy atom. The number of halogens is 2. The van der Waals surface area contributed by atoms with E-state index in [4.69, 9.17) is 0 Å². The van der Waals surface area contributed by atoms with Gasteiger partial charge in [0, 0.05) is 0 Å². The first-order valence-electron chi connectivity index (χ1n) is 6.35. The molecule has 1 aromatic carbocycles. The summed E-state index contributed by atoms with van der Waals surface area (Å²) in [6.07, 6.45) is 3.17. The highest BCUT2D eigenvalue weighted by Gasteiger charge is 2.29. The Morgan fingerprint density at radius 3 is 2.32 bits per heavy atom. The third-order valence-corrected chi connectivity index (χ3v) is 4.60. The van der Waals surface area contributed by atoms with Crippen molar-refractivity contribution in [2.75, 3.05) is 0 Å². The van der Waals surface area contributed by atoms with Crippen molar-refractivity contribution < 1.29 is 17.3 Å². The first kappa shape index (κ1) is 16.0. The summed E-state index contributed by atoms with van der Waals surface area (Å²) in [6.45, 7) is 3.55. The third-order valence-electron chi connectivity index (χ3n) is 2.91. The maximum atomic E-state index is 13.9. The zero-order valence-electron chi connectivity index (χ0n) is 11.1. The van der Waals surface area contributed by atoms with Crippen LogP contribution in [0.5, 0.6) is 0 Å². The van der Waals surface area contributed by atoms with Gasteiger partial charge in [0.05, 0.1) is 10.9 Å². The molecule has 1 rings (SSSR count). The first-order chi connectivity index (χ1) is 8.89. The molecule has 0 bridgehead atoms. The van der Waals surface area contributed by atoms with Crippen LogP contribution < -0.4 is 0 Å². The van der Waals surface area contributed by atoms with E-state index in [9.17, 15) is 17.3 Å². The van der Waals surface area contributed by atoms with Gasteiger partial charge in [-0.3, -0.25) is 0 Å². The normalized spacial score (nSPS) is 13.7. The molecule has 0 aliphatic rings. The average molecular weight is 291 g/mol. The van der Waals surface area contributed by atoms with Gasteiger partial charge in [0.25, 0.3) is 10.0 Å². The summed E-state index contributed by atoms with van der Waals surface area (Å²) in [5, 5.41) is 0. The molecule has 0 saturated carbocycles. The van der Waals surface area contributed by atoms with Gasteiger partial charge < -0.3 is 0 Å². The number of nitrogens with zero attached hydrogens (tertiary/aromatic N) is 1. The third kappa shape index (κ3) is 4.24. The molecule has 3 nitrogen and oxygen atoms in total. The summed E-state index contributed by atoms with van der Waals surface area (Å²) in [5.41, 5.74) is 0. The Hall–Kier alpha value is -1.01. The fourth-order valence-corrected chi connectivity index (χ4v) is 3.00. The van der Waals surface area contributed by atoms with Gasteiger partial charge >= 0.3 is 0 Å². The molecule has 0 saturated heterocycles. The SMILES string of the molecule is CCCCCC(C)N(F)S(=O)(=O)c1ccc(F)cc1. The molecular weight excluding hydrogens is 272 g/mol. The van der Waals surface area contributed by atoms with Gasteiger partial charge in [-0.25, -0.2) is 12.8 Å². The molecule has 6 heteroatoms. The van der Waals surface area contributed by atoms with Gasteiger partial charge in [-0.2, -0.15) is 0 Å². The van der Waals surface area contributed by atoms with Crippen LogP contribution >= 0.6 is 0 Å². The van der Waals surface area contributed by atoms with Crippen molar-refractivity contribution in [3.63, 3.8) is 0 Å². The van der Waals surface area contributed by atoms with E-state index in [0.717, 1.165) is 43.5 Å². The van der Waals surface area contributed by atoms with Crippen molar-refractivity contribution in [1.29, 1.82) is 0 Å². The fourth-order valence-electron chi connectivity index (χ4n) is 1.74. The number of benzene rings is 1. The lowest BCUT2D eigenvalue weighted by Gasteiger charge is -2.19. The van der Waals surface area contributed by atoms with Crippen molar-refractivity contribution in [3.8, 4) is 0 Å². The summed E-state index contributed by atoms with van der Waals surface area (Å²) in [5.74, 6) is -0.555. The second-order valence-corrected chi connectivity index (χ2v) is 6.32. The molecule has 1 unspecified atom stereocenters.